The van der Waals surface area contributed by atoms with Gasteiger partial charge in [0.15, 0.2) is 14.6 Å². The van der Waals surface area contributed by atoms with Gasteiger partial charge < -0.3 is 4.57 Å². The van der Waals surface area contributed by atoms with Crippen LogP contribution in [0.5, 0.6) is 0 Å². The first-order chi connectivity index (χ1) is 15.5. The summed E-state index contributed by atoms with van der Waals surface area (Å²) in [7, 11) is -5.40. The second-order valence-electron chi connectivity index (χ2n) is 7.88. The van der Waals surface area contributed by atoms with Crippen molar-refractivity contribution in [3.8, 4) is 0 Å². The average molecular weight is 506 g/mol. The third kappa shape index (κ3) is 4.72. The van der Waals surface area contributed by atoms with Gasteiger partial charge in [-0.3, -0.25) is 4.79 Å². The normalized spacial score (nSPS) is 15.3. The summed E-state index contributed by atoms with van der Waals surface area (Å²) in [6.45, 7) is 4.13. The molecule has 1 fully saturated rings. The smallest absolute Gasteiger partial charge is 0.279 e. The number of nitrogens with zero attached hydrogens (tertiary/aromatic N) is 3. The van der Waals surface area contributed by atoms with E-state index in [-0.39, 0.29) is 21.4 Å². The molecule has 0 unspecified atom stereocenters. The van der Waals surface area contributed by atoms with E-state index in [0.29, 0.717) is 16.0 Å². The van der Waals surface area contributed by atoms with E-state index in [9.17, 15) is 21.6 Å². The number of fused-ring (bicyclic) bond motifs is 1. The van der Waals surface area contributed by atoms with E-state index >= 15 is 0 Å². The van der Waals surface area contributed by atoms with Crippen molar-refractivity contribution in [3.63, 3.8) is 0 Å². The molecule has 0 saturated heterocycles. The first-order valence-corrected chi connectivity index (χ1v) is 14.3. The summed E-state index contributed by atoms with van der Waals surface area (Å²) < 4.78 is 52.9. The van der Waals surface area contributed by atoms with Gasteiger partial charge in [-0.1, -0.05) is 17.4 Å². The molecule has 0 atom stereocenters. The van der Waals surface area contributed by atoms with Gasteiger partial charge in [-0.15, -0.1) is 6.58 Å². The van der Waals surface area contributed by atoms with Crippen LogP contribution in [-0.4, -0.2) is 51.0 Å². The van der Waals surface area contributed by atoms with Crippen molar-refractivity contribution in [2.75, 3.05) is 13.3 Å². The minimum atomic E-state index is -3.60. The molecule has 0 spiro atoms. The molecule has 1 aromatic heterocycles. The fourth-order valence-electron chi connectivity index (χ4n) is 3.40. The lowest BCUT2D eigenvalue weighted by molar-refractivity contribution is 0.0997. The van der Waals surface area contributed by atoms with Crippen LogP contribution in [0, 0.1) is 0 Å². The predicted molar refractivity (Wildman–Crippen MR) is 127 cm³/mol. The van der Waals surface area contributed by atoms with Crippen LogP contribution in [0.4, 0.5) is 0 Å². The molecular formula is C22H23N3O5S3. The van der Waals surface area contributed by atoms with Crippen LogP contribution in [0.25, 0.3) is 10.2 Å². The van der Waals surface area contributed by atoms with Gasteiger partial charge in [0.25, 0.3) is 5.91 Å². The number of benzene rings is 2. The van der Waals surface area contributed by atoms with Crippen molar-refractivity contribution < 1.29 is 21.6 Å². The molecule has 4 rings (SSSR count). The Kier molecular flexibility index (Phi) is 6.16. The van der Waals surface area contributed by atoms with Crippen molar-refractivity contribution in [1.82, 2.24) is 8.87 Å². The molecule has 1 aliphatic rings. The van der Waals surface area contributed by atoms with E-state index in [1.54, 1.807) is 29.8 Å². The third-order valence-corrected chi connectivity index (χ3v) is 9.51. The number of rotatable bonds is 7. The van der Waals surface area contributed by atoms with Crippen molar-refractivity contribution in [1.29, 1.82) is 0 Å². The molecule has 1 saturated carbocycles. The fourth-order valence-corrected chi connectivity index (χ4v) is 6.61. The maximum absolute atomic E-state index is 12.8. The molecule has 0 N–H and O–H groups in total. The van der Waals surface area contributed by atoms with E-state index in [1.165, 1.54) is 46.0 Å². The molecule has 0 radical (unpaired) electrons. The third-order valence-electron chi connectivity index (χ3n) is 5.43. The van der Waals surface area contributed by atoms with Crippen LogP contribution in [0.1, 0.15) is 23.2 Å². The summed E-state index contributed by atoms with van der Waals surface area (Å²) in [6.07, 6.45) is 4.52. The molecule has 1 heterocycles. The lowest BCUT2D eigenvalue weighted by atomic mass is 10.2. The molecule has 8 nitrogen and oxygen atoms in total. The Bertz CT molecular complexity index is 1530. The summed E-state index contributed by atoms with van der Waals surface area (Å²) >= 11 is 1.20. The van der Waals surface area contributed by atoms with Gasteiger partial charge in [-0.25, -0.2) is 16.8 Å². The van der Waals surface area contributed by atoms with Crippen LogP contribution >= 0.6 is 11.3 Å². The van der Waals surface area contributed by atoms with Crippen molar-refractivity contribution in [3.05, 3.63) is 65.5 Å². The summed E-state index contributed by atoms with van der Waals surface area (Å²) in [5.41, 5.74) is 0.992. The fraction of sp³-hybridized carbons (Fsp3) is 0.273. The molecular weight excluding hydrogens is 482 g/mol. The number of carbonyl (C=O) groups excluding carboxylic acids is 1. The highest BCUT2D eigenvalue weighted by Crippen LogP contribution is 2.30. The number of sulfonamides is 1. The molecule has 0 bridgehead atoms. The largest absolute Gasteiger partial charge is 0.312 e. The summed E-state index contributed by atoms with van der Waals surface area (Å²) in [5, 5.41) is 0. The Balaban J connectivity index is 1.70. The number of thiazole rings is 1. The maximum Gasteiger partial charge on any atom is 0.279 e. The predicted octanol–water partition coefficient (Wildman–Crippen LogP) is 2.82. The monoisotopic (exact) mass is 505 g/mol. The van der Waals surface area contributed by atoms with Gasteiger partial charge >= 0.3 is 0 Å². The first kappa shape index (κ1) is 23.6. The highest BCUT2D eigenvalue weighted by Gasteiger charge is 2.35. The topological polar surface area (TPSA) is 106 Å². The zero-order valence-corrected chi connectivity index (χ0v) is 20.6. The minimum Gasteiger partial charge on any atom is -0.312 e. The summed E-state index contributed by atoms with van der Waals surface area (Å²) in [6, 6.07) is 10.5. The van der Waals surface area contributed by atoms with E-state index in [0.717, 1.165) is 24.6 Å². The van der Waals surface area contributed by atoms with Gasteiger partial charge in [-0.05, 0) is 55.3 Å². The minimum absolute atomic E-state index is 0.0442. The van der Waals surface area contributed by atoms with Crippen molar-refractivity contribution >= 4 is 47.3 Å². The first-order valence-electron chi connectivity index (χ1n) is 10.1. The zero-order chi connectivity index (χ0) is 24.0. The van der Waals surface area contributed by atoms with Gasteiger partial charge in [0.1, 0.15) is 0 Å². The maximum atomic E-state index is 12.8. The van der Waals surface area contributed by atoms with E-state index < -0.39 is 25.8 Å². The van der Waals surface area contributed by atoms with Crippen LogP contribution in [-0.2, 0) is 26.4 Å². The number of carbonyl (C=O) groups is 1. The number of sulfone groups is 1. The lowest BCUT2D eigenvalue weighted by Crippen LogP contribution is -2.28. The Hall–Kier alpha value is -2.60. The molecule has 11 heteroatoms. The van der Waals surface area contributed by atoms with Crippen LogP contribution in [0.2, 0.25) is 0 Å². The number of hydrogen-bond acceptors (Lipinski definition) is 6. The lowest BCUT2D eigenvalue weighted by Gasteiger charge is -2.16. The molecule has 1 amide bonds. The van der Waals surface area contributed by atoms with Gasteiger partial charge in [0.2, 0.25) is 10.0 Å². The highest BCUT2D eigenvalue weighted by atomic mass is 32.2. The van der Waals surface area contributed by atoms with Crippen molar-refractivity contribution in [2.24, 2.45) is 4.99 Å². The zero-order valence-electron chi connectivity index (χ0n) is 18.1. The van der Waals surface area contributed by atoms with Crippen molar-refractivity contribution in [2.45, 2.75) is 35.2 Å². The number of amides is 1. The Morgan fingerprint density at radius 2 is 1.79 bits per heavy atom. The Morgan fingerprint density at radius 1 is 1.15 bits per heavy atom. The molecule has 1 aliphatic carbocycles. The second-order valence-corrected chi connectivity index (χ2v) is 12.9. The van der Waals surface area contributed by atoms with Crippen LogP contribution < -0.4 is 4.80 Å². The highest BCUT2D eigenvalue weighted by molar-refractivity contribution is 7.90. The Morgan fingerprint density at radius 3 is 2.36 bits per heavy atom. The standard InChI is InChI=1S/C22H23N3O5S3/c1-4-13-25-19-12-11-18(32(3,27)28)14-20(19)31-22(25)23-21(26)15-5-9-17(10-6-15)33(29,30)24(2)16-7-8-16/h4-6,9-12,14,16H,1,7-8,13H2,2-3H3. The average Bonchev–Trinajstić information content (AvgIpc) is 3.56. The number of hydrogen-bond donors (Lipinski definition) is 0. The molecule has 33 heavy (non-hydrogen) atoms. The molecule has 0 aliphatic heterocycles. The Labute approximate surface area is 196 Å². The van der Waals surface area contributed by atoms with E-state index in [1.807, 2.05) is 0 Å². The van der Waals surface area contributed by atoms with Gasteiger partial charge in [-0.2, -0.15) is 9.30 Å². The second kappa shape index (κ2) is 8.64. The quantitative estimate of drug-likeness (QED) is 0.459. The van der Waals surface area contributed by atoms with Crippen LogP contribution in [0.3, 0.4) is 0 Å². The SMILES string of the molecule is C=CCn1c(=NC(=O)c2ccc(S(=O)(=O)N(C)C3CC3)cc2)sc2cc(S(C)(=O)=O)ccc21. The molecule has 2 aromatic carbocycles. The van der Waals surface area contributed by atoms with E-state index in [2.05, 4.69) is 11.6 Å². The summed E-state index contributed by atoms with van der Waals surface area (Å²) in [5.74, 6) is -0.526. The number of allylic oxidation sites excluding steroid dienone is 1. The van der Waals surface area contributed by atoms with Gasteiger partial charge in [0.05, 0.1) is 20.0 Å². The molecule has 3 aromatic rings. The van der Waals surface area contributed by atoms with Crippen LogP contribution in [0.15, 0.2) is 69.9 Å². The summed E-state index contributed by atoms with van der Waals surface area (Å²) in [4.78, 5) is 17.8. The van der Waals surface area contributed by atoms with E-state index in [4.69, 9.17) is 0 Å². The van der Waals surface area contributed by atoms with Gasteiger partial charge in [0, 0.05) is 31.5 Å². The molecule has 174 valence electrons. The number of aromatic nitrogens is 1.